The first-order valence-corrected chi connectivity index (χ1v) is 10.6. The van der Waals surface area contributed by atoms with Crippen molar-refractivity contribution >= 4 is 33.3 Å². The molecule has 3 fully saturated rings. The number of halogens is 3. The monoisotopic (exact) mass is 425 g/mol. The van der Waals surface area contributed by atoms with Crippen LogP contribution in [0.2, 0.25) is 0 Å². The van der Waals surface area contributed by atoms with Crippen molar-refractivity contribution in [1.82, 2.24) is 20.2 Å². The Labute approximate surface area is 170 Å². The summed E-state index contributed by atoms with van der Waals surface area (Å²) < 4.78 is 38.2. The lowest BCUT2D eigenvalue weighted by molar-refractivity contribution is -0.147. The summed E-state index contributed by atoms with van der Waals surface area (Å²) in [5.74, 6) is 1.42. The van der Waals surface area contributed by atoms with Crippen molar-refractivity contribution in [1.29, 1.82) is 0 Å². The maximum absolute atomic E-state index is 12.7. The molecule has 10 heteroatoms. The van der Waals surface area contributed by atoms with E-state index < -0.39 is 12.6 Å². The minimum atomic E-state index is -4.23. The number of likely N-dealkylation sites (tertiary alicyclic amines) is 1. The zero-order valence-corrected chi connectivity index (χ0v) is 16.8. The Kier molecular flexibility index (Phi) is 4.29. The van der Waals surface area contributed by atoms with Gasteiger partial charge in [0.25, 0.3) is 0 Å². The fourth-order valence-corrected chi connectivity index (χ4v) is 5.80. The van der Waals surface area contributed by atoms with Crippen molar-refractivity contribution in [3.8, 4) is 0 Å². The molecule has 0 aliphatic carbocycles. The van der Waals surface area contributed by atoms with Crippen LogP contribution in [0.15, 0.2) is 12.4 Å². The van der Waals surface area contributed by atoms with Crippen LogP contribution in [0.1, 0.15) is 18.2 Å². The third kappa shape index (κ3) is 3.46. The minimum absolute atomic E-state index is 0.0575. The van der Waals surface area contributed by atoms with Gasteiger partial charge < -0.3 is 15.1 Å². The standard InChI is InChI=1S/C19H22F3N5OS/c1-11-2-14(23-5-11)17(28)27-8-18(9-27)6-26(7-18)15-13-3-12(4-19(20,21)22)29-16(13)25-10-24-15/h3,10-11,14,23H,2,4-9H2,1H3/t11?,14-/m0/s1. The number of thiophene rings is 1. The van der Waals surface area contributed by atoms with Crippen LogP contribution in [0.3, 0.4) is 0 Å². The molecule has 1 spiro atoms. The van der Waals surface area contributed by atoms with E-state index in [2.05, 4.69) is 27.1 Å². The van der Waals surface area contributed by atoms with E-state index >= 15 is 0 Å². The molecule has 156 valence electrons. The maximum Gasteiger partial charge on any atom is 0.393 e. The van der Waals surface area contributed by atoms with Crippen LogP contribution in [0, 0.1) is 11.3 Å². The van der Waals surface area contributed by atoms with Crippen LogP contribution in [-0.4, -0.2) is 65.7 Å². The molecule has 29 heavy (non-hydrogen) atoms. The highest BCUT2D eigenvalue weighted by Gasteiger charge is 2.54. The topological polar surface area (TPSA) is 61.4 Å². The number of anilines is 1. The first kappa shape index (κ1) is 19.0. The smallest absolute Gasteiger partial charge is 0.354 e. The number of rotatable bonds is 3. The van der Waals surface area contributed by atoms with Crippen LogP contribution >= 0.6 is 11.3 Å². The lowest BCUT2D eigenvalue weighted by Crippen LogP contribution is -2.74. The Balaban J connectivity index is 1.24. The lowest BCUT2D eigenvalue weighted by atomic mass is 9.72. The molecule has 5 rings (SSSR count). The molecular weight excluding hydrogens is 403 g/mol. The molecule has 3 aliphatic heterocycles. The van der Waals surface area contributed by atoms with E-state index in [4.69, 9.17) is 0 Å². The first-order chi connectivity index (χ1) is 13.7. The second-order valence-electron chi connectivity index (χ2n) is 8.77. The normalized spacial score (nSPS) is 26.1. The lowest BCUT2D eigenvalue weighted by Gasteiger charge is -2.60. The number of aromatic nitrogens is 2. The molecule has 2 aromatic rings. The SMILES string of the molecule is CC1CN[C@H](C(=O)N2CC3(C2)CN(c2ncnc4sc(CC(F)(F)F)cc24)C3)C1. The van der Waals surface area contributed by atoms with Gasteiger partial charge in [0.1, 0.15) is 17.0 Å². The van der Waals surface area contributed by atoms with Crippen LogP contribution in [0.25, 0.3) is 10.2 Å². The summed E-state index contributed by atoms with van der Waals surface area (Å²) >= 11 is 1.07. The zero-order chi connectivity index (χ0) is 20.4. The van der Waals surface area contributed by atoms with Gasteiger partial charge in [0.05, 0.1) is 17.8 Å². The number of nitrogens with one attached hydrogen (secondary N) is 1. The Morgan fingerprint density at radius 1 is 1.31 bits per heavy atom. The molecule has 0 saturated carbocycles. The van der Waals surface area contributed by atoms with Gasteiger partial charge in [-0.15, -0.1) is 11.3 Å². The number of amides is 1. The van der Waals surface area contributed by atoms with Crippen LogP contribution < -0.4 is 10.2 Å². The summed E-state index contributed by atoms with van der Waals surface area (Å²) in [4.78, 5) is 25.9. The summed E-state index contributed by atoms with van der Waals surface area (Å²) in [6.45, 7) is 6.06. The number of nitrogens with zero attached hydrogens (tertiary/aromatic N) is 4. The number of hydrogen-bond acceptors (Lipinski definition) is 6. The van der Waals surface area contributed by atoms with E-state index in [0.29, 0.717) is 22.0 Å². The molecule has 1 unspecified atom stereocenters. The van der Waals surface area contributed by atoms with Crippen molar-refractivity contribution in [3.63, 3.8) is 0 Å². The van der Waals surface area contributed by atoms with Crippen molar-refractivity contribution in [2.45, 2.75) is 32.0 Å². The van der Waals surface area contributed by atoms with Crippen molar-refractivity contribution in [2.24, 2.45) is 11.3 Å². The van der Waals surface area contributed by atoms with Gasteiger partial charge in [0.15, 0.2) is 0 Å². The van der Waals surface area contributed by atoms with Crippen LogP contribution in [-0.2, 0) is 11.2 Å². The summed E-state index contributed by atoms with van der Waals surface area (Å²) in [6, 6.07) is 1.51. The van der Waals surface area contributed by atoms with Gasteiger partial charge in [-0.2, -0.15) is 13.2 Å². The average molecular weight is 425 g/mol. The molecule has 3 saturated heterocycles. The summed E-state index contributed by atoms with van der Waals surface area (Å²) in [5.41, 5.74) is 0.0853. The van der Waals surface area contributed by atoms with E-state index in [9.17, 15) is 18.0 Å². The molecular formula is C19H22F3N5OS. The highest BCUT2D eigenvalue weighted by atomic mass is 32.1. The van der Waals surface area contributed by atoms with Gasteiger partial charge in [-0.05, 0) is 24.9 Å². The van der Waals surface area contributed by atoms with E-state index in [1.54, 1.807) is 6.07 Å². The maximum atomic E-state index is 12.7. The Hall–Kier alpha value is -1.94. The molecule has 1 N–H and O–H groups in total. The second kappa shape index (κ2) is 6.53. The summed E-state index contributed by atoms with van der Waals surface area (Å²) in [5, 5.41) is 3.98. The van der Waals surface area contributed by atoms with Gasteiger partial charge in [-0.1, -0.05) is 6.92 Å². The second-order valence-corrected chi connectivity index (χ2v) is 9.89. The number of hydrogen-bond donors (Lipinski definition) is 1. The third-order valence-electron chi connectivity index (χ3n) is 6.10. The van der Waals surface area contributed by atoms with Gasteiger partial charge in [-0.25, -0.2) is 9.97 Å². The van der Waals surface area contributed by atoms with E-state index in [1.165, 1.54) is 6.33 Å². The fraction of sp³-hybridized carbons (Fsp3) is 0.632. The fourth-order valence-electron chi connectivity index (χ4n) is 4.78. The Morgan fingerprint density at radius 2 is 2.07 bits per heavy atom. The largest absolute Gasteiger partial charge is 0.393 e. The number of carbonyl (C=O) groups excluding carboxylic acids is 1. The van der Waals surface area contributed by atoms with Gasteiger partial charge in [0.2, 0.25) is 5.91 Å². The molecule has 0 aromatic carbocycles. The number of carbonyl (C=O) groups is 1. The van der Waals surface area contributed by atoms with Crippen LogP contribution in [0.4, 0.5) is 19.0 Å². The first-order valence-electron chi connectivity index (χ1n) is 9.79. The third-order valence-corrected chi connectivity index (χ3v) is 7.14. The molecule has 0 bridgehead atoms. The highest BCUT2D eigenvalue weighted by molar-refractivity contribution is 7.18. The van der Waals surface area contributed by atoms with Gasteiger partial charge in [0, 0.05) is 36.5 Å². The van der Waals surface area contributed by atoms with Crippen molar-refractivity contribution in [2.75, 3.05) is 37.6 Å². The zero-order valence-electron chi connectivity index (χ0n) is 16.0. The van der Waals surface area contributed by atoms with Gasteiger partial charge in [-0.3, -0.25) is 4.79 Å². The van der Waals surface area contributed by atoms with E-state index in [-0.39, 0.29) is 22.2 Å². The predicted molar refractivity (Wildman–Crippen MR) is 104 cm³/mol. The number of fused-ring (bicyclic) bond motifs is 1. The highest BCUT2D eigenvalue weighted by Crippen LogP contribution is 2.44. The molecule has 6 nitrogen and oxygen atoms in total. The van der Waals surface area contributed by atoms with E-state index in [0.717, 1.165) is 50.5 Å². The minimum Gasteiger partial charge on any atom is -0.354 e. The Morgan fingerprint density at radius 3 is 2.72 bits per heavy atom. The molecule has 2 atom stereocenters. The molecule has 5 heterocycles. The van der Waals surface area contributed by atoms with Gasteiger partial charge >= 0.3 is 6.18 Å². The number of alkyl halides is 3. The van der Waals surface area contributed by atoms with Crippen LogP contribution in [0.5, 0.6) is 0 Å². The average Bonchev–Trinajstić information content (AvgIpc) is 3.16. The van der Waals surface area contributed by atoms with Crippen molar-refractivity contribution < 1.29 is 18.0 Å². The molecule has 0 radical (unpaired) electrons. The molecule has 3 aliphatic rings. The molecule has 2 aromatic heterocycles. The summed E-state index contributed by atoms with van der Waals surface area (Å²) in [7, 11) is 0. The predicted octanol–water partition coefficient (Wildman–Crippen LogP) is 2.44. The molecule has 1 amide bonds. The quantitative estimate of drug-likeness (QED) is 0.819. The van der Waals surface area contributed by atoms with Crippen molar-refractivity contribution in [3.05, 3.63) is 17.3 Å². The van der Waals surface area contributed by atoms with E-state index in [1.807, 2.05) is 4.90 Å². The summed E-state index contributed by atoms with van der Waals surface area (Å²) in [6.07, 6.45) is -2.86. The Bertz CT molecular complexity index is 947.